The summed E-state index contributed by atoms with van der Waals surface area (Å²) < 4.78 is 0. The van der Waals surface area contributed by atoms with Crippen LogP contribution in [0.1, 0.15) is 0 Å². The topological polar surface area (TPSA) is 83.5 Å². The summed E-state index contributed by atoms with van der Waals surface area (Å²) in [4.78, 5) is 9.65. The van der Waals surface area contributed by atoms with Gasteiger partial charge in [0.2, 0.25) is 0 Å². The smallest absolute Gasteiger partial charge is 0.322 e. The van der Waals surface area contributed by atoms with E-state index in [1.165, 1.54) is 6.38 Å². The molecule has 4 nitrogen and oxygen atoms in total. The van der Waals surface area contributed by atoms with Gasteiger partial charge in [-0.1, -0.05) is 0 Å². The Morgan fingerprint density at radius 3 is 2.11 bits per heavy atom. The second kappa shape index (κ2) is 7.68. The molecule has 0 fully saturated rings. The molecule has 0 aliphatic rings. The van der Waals surface area contributed by atoms with Crippen molar-refractivity contribution in [2.24, 2.45) is 5.73 Å². The molecular weight excluding hydrogens is 146 g/mol. The Morgan fingerprint density at radius 2 is 2.11 bits per heavy atom. The van der Waals surface area contributed by atoms with Crippen molar-refractivity contribution in [3.8, 4) is 0 Å². The van der Waals surface area contributed by atoms with Crippen LogP contribution >= 0.6 is 11.6 Å². The van der Waals surface area contributed by atoms with E-state index in [-0.39, 0.29) is 0 Å². The van der Waals surface area contributed by atoms with Crippen molar-refractivity contribution in [1.29, 1.82) is 0 Å². The minimum absolute atomic E-state index is 0.505. The van der Waals surface area contributed by atoms with Crippen molar-refractivity contribution in [3.05, 3.63) is 0 Å². The molecule has 0 aliphatic carbocycles. The highest BCUT2D eigenvalue weighted by molar-refractivity contribution is 6.15. The number of carbonyl (C=O) groups is 1. The lowest BCUT2D eigenvalue weighted by Gasteiger charge is -1.96. The summed E-state index contributed by atoms with van der Waals surface area (Å²) in [6, 6.07) is -1.13. The molecule has 0 saturated carbocycles. The molecule has 4 N–H and O–H groups in total. The number of rotatable bonds is 2. The van der Waals surface area contributed by atoms with Gasteiger partial charge in [0.05, 0.1) is 6.61 Å². The molecule has 0 radical (unpaired) electrons. The van der Waals surface area contributed by atoms with E-state index < -0.39 is 18.6 Å². The van der Waals surface area contributed by atoms with Gasteiger partial charge in [0, 0.05) is 6.38 Å². The van der Waals surface area contributed by atoms with E-state index in [1.54, 1.807) is 0 Å². The van der Waals surface area contributed by atoms with Crippen LogP contribution in [0.15, 0.2) is 0 Å². The number of aliphatic hydroxyl groups excluding tert-OH is 1. The normalized spacial score (nSPS) is 11.1. The summed E-state index contributed by atoms with van der Waals surface area (Å²) in [7, 11) is 0. The van der Waals surface area contributed by atoms with Gasteiger partial charge in [-0.3, -0.25) is 4.79 Å². The van der Waals surface area contributed by atoms with Crippen molar-refractivity contribution < 1.29 is 15.0 Å². The summed E-state index contributed by atoms with van der Waals surface area (Å²) >= 11 is 4.64. The molecule has 0 aromatic rings. The number of hydrogen-bond acceptors (Lipinski definition) is 3. The first-order valence-electron chi connectivity index (χ1n) is 2.15. The van der Waals surface area contributed by atoms with Gasteiger partial charge in [-0.05, 0) is 0 Å². The molecule has 56 valence electrons. The molecule has 0 aliphatic heterocycles. The zero-order chi connectivity index (χ0) is 7.86. The highest BCUT2D eigenvalue weighted by atomic mass is 35.5. The Hall–Kier alpha value is -0.320. The summed E-state index contributed by atoms with van der Waals surface area (Å²) in [6.07, 6.45) is 1.47. The van der Waals surface area contributed by atoms with E-state index in [0.717, 1.165) is 0 Å². The van der Waals surface area contributed by atoms with Crippen LogP contribution in [0, 0.1) is 0 Å². The number of aliphatic carboxylic acids is 1. The first-order valence-corrected chi connectivity index (χ1v) is 2.91. The van der Waals surface area contributed by atoms with Crippen LogP contribution in [0.5, 0.6) is 0 Å². The molecule has 9 heavy (non-hydrogen) atoms. The highest BCUT2D eigenvalue weighted by Crippen LogP contribution is 1.71. The summed E-state index contributed by atoms with van der Waals surface area (Å²) in [5.41, 5.74) is 4.77. The van der Waals surface area contributed by atoms with E-state index >= 15 is 0 Å². The summed E-state index contributed by atoms with van der Waals surface area (Å²) in [5.74, 6) is -1.18. The molecule has 0 unspecified atom stereocenters. The number of carboxylic acid groups (broad SMARTS) is 1. The fourth-order valence-electron chi connectivity index (χ4n) is 0.0781. The maximum Gasteiger partial charge on any atom is 0.322 e. The largest absolute Gasteiger partial charge is 0.480 e. The third-order valence-corrected chi connectivity index (χ3v) is 0.514. The molecule has 0 amide bonds. The fourth-order valence-corrected chi connectivity index (χ4v) is 0.0781. The maximum absolute atomic E-state index is 9.65. The predicted molar refractivity (Wildman–Crippen MR) is 34.5 cm³/mol. The number of halogens is 1. The third-order valence-electron chi connectivity index (χ3n) is 0.514. The van der Waals surface area contributed by atoms with Crippen LogP contribution in [-0.2, 0) is 4.79 Å². The van der Waals surface area contributed by atoms with Crippen LogP contribution in [0.25, 0.3) is 0 Å². The standard InChI is InChI=1S/C3H7NO3.CH3Cl/c4-2(1-5)3(6)7;1-2/h2,5H,1,4H2,(H,6,7);1H3/t2-;/m0./s1. The lowest BCUT2D eigenvalue weighted by Crippen LogP contribution is -2.33. The molecule has 5 heteroatoms. The first kappa shape index (κ1) is 11.5. The highest BCUT2D eigenvalue weighted by Gasteiger charge is 2.06. The van der Waals surface area contributed by atoms with E-state index in [9.17, 15) is 4.79 Å². The number of nitrogens with two attached hydrogens (primary N) is 1. The quantitative estimate of drug-likeness (QED) is 0.458. The second-order valence-corrected chi connectivity index (χ2v) is 1.13. The molecule has 1 atom stereocenters. The molecule has 0 aromatic carbocycles. The van der Waals surface area contributed by atoms with Crippen LogP contribution in [0.3, 0.4) is 0 Å². The van der Waals surface area contributed by atoms with Gasteiger partial charge in [0.25, 0.3) is 0 Å². The van der Waals surface area contributed by atoms with Gasteiger partial charge in [-0.2, -0.15) is 0 Å². The first-order chi connectivity index (χ1) is 4.18. The van der Waals surface area contributed by atoms with Crippen molar-refractivity contribution >= 4 is 17.6 Å². The minimum Gasteiger partial charge on any atom is -0.480 e. The molecule has 0 bridgehead atoms. The Morgan fingerprint density at radius 1 is 1.78 bits per heavy atom. The van der Waals surface area contributed by atoms with E-state index in [1.807, 2.05) is 0 Å². The van der Waals surface area contributed by atoms with Crippen molar-refractivity contribution in [2.45, 2.75) is 6.04 Å². The number of carboxylic acids is 1. The molecular formula is C4H10ClNO3. The van der Waals surface area contributed by atoms with Crippen molar-refractivity contribution in [1.82, 2.24) is 0 Å². The SMILES string of the molecule is CCl.N[C@@H](CO)C(=O)O. The lowest BCUT2D eigenvalue weighted by atomic mass is 10.3. The number of hydrogen-bond donors (Lipinski definition) is 3. The molecule has 0 saturated heterocycles. The van der Waals surface area contributed by atoms with Gasteiger partial charge in [0.15, 0.2) is 0 Å². The zero-order valence-corrected chi connectivity index (χ0v) is 5.80. The maximum atomic E-state index is 9.65. The van der Waals surface area contributed by atoms with Gasteiger partial charge < -0.3 is 15.9 Å². The van der Waals surface area contributed by atoms with Crippen molar-refractivity contribution in [2.75, 3.05) is 13.0 Å². The Kier molecular flexibility index (Phi) is 9.79. The molecule has 0 spiro atoms. The fraction of sp³-hybridized carbons (Fsp3) is 0.750. The second-order valence-electron chi connectivity index (χ2n) is 1.13. The summed E-state index contributed by atoms with van der Waals surface area (Å²) in [5, 5.41) is 15.9. The van der Waals surface area contributed by atoms with Gasteiger partial charge >= 0.3 is 5.97 Å². The Labute approximate surface area is 58.2 Å². The van der Waals surface area contributed by atoms with Crippen LogP contribution < -0.4 is 5.73 Å². The molecule has 0 heterocycles. The molecule has 0 rings (SSSR count). The van der Waals surface area contributed by atoms with Crippen LogP contribution in [0.4, 0.5) is 0 Å². The van der Waals surface area contributed by atoms with E-state index in [2.05, 4.69) is 11.6 Å². The number of alkyl halides is 1. The van der Waals surface area contributed by atoms with Gasteiger partial charge in [0.1, 0.15) is 6.04 Å². The number of aliphatic hydroxyl groups is 1. The third kappa shape index (κ3) is 7.68. The van der Waals surface area contributed by atoms with Crippen LogP contribution in [0.2, 0.25) is 0 Å². The Balaban J connectivity index is 0. The monoisotopic (exact) mass is 155 g/mol. The Bertz CT molecular complexity index is 78.2. The van der Waals surface area contributed by atoms with E-state index in [4.69, 9.17) is 15.9 Å². The lowest BCUT2D eigenvalue weighted by molar-refractivity contribution is -0.139. The zero-order valence-electron chi connectivity index (χ0n) is 5.04. The van der Waals surface area contributed by atoms with Gasteiger partial charge in [-0.25, -0.2) is 0 Å². The average Bonchev–Trinajstić information content (AvgIpc) is 1.91. The van der Waals surface area contributed by atoms with Crippen LogP contribution in [-0.4, -0.2) is 35.2 Å². The minimum atomic E-state index is -1.18. The average molecular weight is 156 g/mol. The molecule has 0 aromatic heterocycles. The van der Waals surface area contributed by atoms with Gasteiger partial charge in [-0.15, -0.1) is 11.6 Å². The van der Waals surface area contributed by atoms with Crippen molar-refractivity contribution in [3.63, 3.8) is 0 Å². The predicted octanol–water partition coefficient (Wildman–Crippen LogP) is -0.754. The van der Waals surface area contributed by atoms with E-state index in [0.29, 0.717) is 0 Å². The summed E-state index contributed by atoms with van der Waals surface area (Å²) in [6.45, 7) is -0.505.